The molecule has 0 aliphatic carbocycles. The van der Waals surface area contributed by atoms with Crippen LogP contribution in [0.15, 0.2) is 18.5 Å². The second kappa shape index (κ2) is 8.73. The summed E-state index contributed by atoms with van der Waals surface area (Å²) in [5.74, 6) is 0.970. The summed E-state index contributed by atoms with van der Waals surface area (Å²) in [5.41, 5.74) is 3.57. The summed E-state index contributed by atoms with van der Waals surface area (Å²) in [5, 5.41) is 4.69. The number of aryl methyl sites for hydroxylation is 2. The van der Waals surface area contributed by atoms with Gasteiger partial charge in [-0.3, -0.25) is 9.58 Å². The van der Waals surface area contributed by atoms with Crippen molar-refractivity contribution in [3.05, 3.63) is 41.2 Å². The lowest BCUT2D eigenvalue weighted by Gasteiger charge is -2.23. The third-order valence-corrected chi connectivity index (χ3v) is 5.03. The largest absolute Gasteiger partial charge is 0.304 e. The monoisotopic (exact) mass is 356 g/mol. The van der Waals surface area contributed by atoms with Gasteiger partial charge in [0.2, 0.25) is 0 Å². The van der Waals surface area contributed by atoms with E-state index in [0.29, 0.717) is 6.04 Å². The first-order valence-corrected chi connectivity index (χ1v) is 9.80. The van der Waals surface area contributed by atoms with E-state index in [-0.39, 0.29) is 0 Å². The second-order valence-corrected chi connectivity index (χ2v) is 7.63. The van der Waals surface area contributed by atoms with Crippen LogP contribution in [0, 0.1) is 6.92 Å². The van der Waals surface area contributed by atoms with Gasteiger partial charge in [0.05, 0.1) is 17.4 Å². The van der Waals surface area contributed by atoms with Crippen molar-refractivity contribution >= 4 is 0 Å². The Bertz CT molecular complexity index is 708. The van der Waals surface area contributed by atoms with Crippen LogP contribution in [0.1, 0.15) is 61.4 Å². The van der Waals surface area contributed by atoms with Gasteiger partial charge in [0.1, 0.15) is 5.82 Å². The molecule has 0 amide bonds. The quantitative estimate of drug-likeness (QED) is 0.727. The minimum Gasteiger partial charge on any atom is -0.304 e. The maximum atomic E-state index is 4.84. The van der Waals surface area contributed by atoms with Crippen LogP contribution >= 0.6 is 0 Å². The van der Waals surface area contributed by atoms with E-state index in [9.17, 15) is 0 Å². The summed E-state index contributed by atoms with van der Waals surface area (Å²) in [7, 11) is 4.14. The second-order valence-electron chi connectivity index (χ2n) is 7.63. The van der Waals surface area contributed by atoms with Crippen molar-refractivity contribution in [2.24, 2.45) is 0 Å². The van der Waals surface area contributed by atoms with Gasteiger partial charge in [-0.15, -0.1) is 0 Å². The summed E-state index contributed by atoms with van der Waals surface area (Å²) in [6, 6.07) is 2.33. The van der Waals surface area contributed by atoms with Crippen LogP contribution in [0.4, 0.5) is 0 Å². The predicted molar refractivity (Wildman–Crippen MR) is 104 cm³/mol. The van der Waals surface area contributed by atoms with Crippen molar-refractivity contribution in [1.29, 1.82) is 0 Å². The van der Waals surface area contributed by atoms with E-state index in [2.05, 4.69) is 58.7 Å². The van der Waals surface area contributed by atoms with Crippen LogP contribution < -0.4 is 0 Å². The van der Waals surface area contributed by atoms with Gasteiger partial charge in [0.25, 0.3) is 0 Å². The number of nitrogens with zero attached hydrogens (tertiary/aromatic N) is 6. The number of rotatable bonds is 8. The molecule has 1 aliphatic rings. The Balaban J connectivity index is 1.72. The first-order chi connectivity index (χ1) is 12.6. The SMILES string of the molecule is CCCCn1cc(CN2CCC[C@@H]2c2nccc(CN(C)C)n2)c(C)n1. The number of aromatic nitrogens is 4. The Morgan fingerprint density at radius 1 is 1.31 bits per heavy atom. The molecule has 0 spiro atoms. The molecule has 0 aromatic carbocycles. The van der Waals surface area contributed by atoms with E-state index >= 15 is 0 Å². The van der Waals surface area contributed by atoms with Crippen molar-refractivity contribution in [1.82, 2.24) is 29.5 Å². The van der Waals surface area contributed by atoms with E-state index in [1.165, 1.54) is 24.8 Å². The lowest BCUT2D eigenvalue weighted by Crippen LogP contribution is -2.25. The minimum atomic E-state index is 0.315. The number of unbranched alkanes of at least 4 members (excludes halogenated alkanes) is 1. The van der Waals surface area contributed by atoms with E-state index < -0.39 is 0 Å². The zero-order chi connectivity index (χ0) is 18.5. The Morgan fingerprint density at radius 2 is 2.15 bits per heavy atom. The van der Waals surface area contributed by atoms with E-state index in [1.54, 1.807) is 0 Å². The van der Waals surface area contributed by atoms with Gasteiger partial charge in [-0.2, -0.15) is 5.10 Å². The van der Waals surface area contributed by atoms with Crippen molar-refractivity contribution in [2.75, 3.05) is 20.6 Å². The first-order valence-electron chi connectivity index (χ1n) is 9.80. The van der Waals surface area contributed by atoms with E-state index in [0.717, 1.165) is 49.8 Å². The fourth-order valence-corrected chi connectivity index (χ4v) is 3.66. The summed E-state index contributed by atoms with van der Waals surface area (Å²) in [6.07, 6.45) is 8.85. The molecule has 6 heteroatoms. The summed E-state index contributed by atoms with van der Waals surface area (Å²) in [6.45, 7) is 8.24. The van der Waals surface area contributed by atoms with Crippen LogP contribution in [0.25, 0.3) is 0 Å². The fourth-order valence-electron chi connectivity index (χ4n) is 3.66. The molecule has 1 saturated heterocycles. The summed E-state index contributed by atoms with van der Waals surface area (Å²) < 4.78 is 2.10. The Kier molecular flexibility index (Phi) is 6.38. The molecule has 0 saturated carbocycles. The normalized spacial score (nSPS) is 18.1. The standard InChI is InChI=1S/C20H32N6/c1-5-6-12-26-14-17(16(2)23-26)13-25-11-7-8-19(25)20-21-10-9-18(22-20)15-24(3)4/h9-10,14,19H,5-8,11-13,15H2,1-4H3/t19-/m1/s1. The third-order valence-electron chi connectivity index (χ3n) is 5.03. The summed E-state index contributed by atoms with van der Waals surface area (Å²) in [4.78, 5) is 14.1. The van der Waals surface area contributed by atoms with Crippen molar-refractivity contribution in [2.45, 2.75) is 65.2 Å². The molecule has 1 fully saturated rings. The smallest absolute Gasteiger partial charge is 0.145 e. The molecule has 0 unspecified atom stereocenters. The molecule has 1 atom stereocenters. The van der Waals surface area contributed by atoms with Gasteiger partial charge in [-0.1, -0.05) is 13.3 Å². The van der Waals surface area contributed by atoms with Gasteiger partial charge in [-0.25, -0.2) is 9.97 Å². The van der Waals surface area contributed by atoms with Crippen LogP contribution in [0.2, 0.25) is 0 Å². The molecule has 2 aromatic rings. The maximum absolute atomic E-state index is 4.84. The van der Waals surface area contributed by atoms with Crippen LogP contribution in [0.5, 0.6) is 0 Å². The van der Waals surface area contributed by atoms with Gasteiger partial charge in [0, 0.05) is 37.6 Å². The molecule has 6 nitrogen and oxygen atoms in total. The average molecular weight is 357 g/mol. The molecule has 2 aromatic heterocycles. The van der Waals surface area contributed by atoms with Gasteiger partial charge >= 0.3 is 0 Å². The predicted octanol–water partition coefficient (Wildman–Crippen LogP) is 3.18. The van der Waals surface area contributed by atoms with Crippen LogP contribution in [-0.2, 0) is 19.6 Å². The summed E-state index contributed by atoms with van der Waals surface area (Å²) >= 11 is 0. The molecule has 0 radical (unpaired) electrons. The lowest BCUT2D eigenvalue weighted by atomic mass is 10.2. The molecule has 0 bridgehead atoms. The lowest BCUT2D eigenvalue weighted by molar-refractivity contribution is 0.238. The minimum absolute atomic E-state index is 0.315. The molecule has 142 valence electrons. The molecule has 3 heterocycles. The van der Waals surface area contributed by atoms with Crippen molar-refractivity contribution in [3.8, 4) is 0 Å². The molecular weight excluding hydrogens is 324 g/mol. The highest BCUT2D eigenvalue weighted by Crippen LogP contribution is 2.31. The van der Waals surface area contributed by atoms with Crippen molar-refractivity contribution in [3.63, 3.8) is 0 Å². The van der Waals surface area contributed by atoms with Crippen LogP contribution in [-0.4, -0.2) is 50.2 Å². The van der Waals surface area contributed by atoms with E-state index in [1.807, 2.05) is 12.3 Å². The first kappa shape index (κ1) is 19.0. The zero-order valence-electron chi connectivity index (χ0n) is 16.6. The molecule has 1 aliphatic heterocycles. The van der Waals surface area contributed by atoms with Crippen LogP contribution in [0.3, 0.4) is 0 Å². The molecule has 0 N–H and O–H groups in total. The van der Waals surface area contributed by atoms with Crippen molar-refractivity contribution < 1.29 is 0 Å². The Morgan fingerprint density at radius 3 is 2.92 bits per heavy atom. The van der Waals surface area contributed by atoms with Gasteiger partial charge in [0.15, 0.2) is 0 Å². The maximum Gasteiger partial charge on any atom is 0.145 e. The number of likely N-dealkylation sites (tertiary alicyclic amines) is 1. The van der Waals surface area contributed by atoms with E-state index in [4.69, 9.17) is 4.98 Å². The molecular formula is C20H32N6. The third kappa shape index (κ3) is 4.68. The Hall–Kier alpha value is -1.79. The highest BCUT2D eigenvalue weighted by molar-refractivity contribution is 5.16. The number of hydrogen-bond acceptors (Lipinski definition) is 5. The number of hydrogen-bond donors (Lipinski definition) is 0. The highest BCUT2D eigenvalue weighted by Gasteiger charge is 2.29. The fraction of sp³-hybridized carbons (Fsp3) is 0.650. The van der Waals surface area contributed by atoms with Gasteiger partial charge in [-0.05, 0) is 52.9 Å². The average Bonchev–Trinajstić information content (AvgIpc) is 3.20. The molecule has 3 rings (SSSR count). The zero-order valence-corrected chi connectivity index (χ0v) is 16.6. The van der Waals surface area contributed by atoms with Gasteiger partial charge < -0.3 is 4.90 Å². The molecule has 26 heavy (non-hydrogen) atoms. The Labute approximate surface area is 157 Å². The highest BCUT2D eigenvalue weighted by atomic mass is 15.3. The topological polar surface area (TPSA) is 50.1 Å².